The van der Waals surface area contributed by atoms with Gasteiger partial charge >= 0.3 is 0 Å². The van der Waals surface area contributed by atoms with E-state index in [-0.39, 0.29) is 18.3 Å². The lowest BCUT2D eigenvalue weighted by atomic mass is 10.1. The van der Waals surface area contributed by atoms with Crippen LogP contribution in [0, 0.1) is 0 Å². The van der Waals surface area contributed by atoms with Crippen LogP contribution in [0.3, 0.4) is 0 Å². The maximum absolute atomic E-state index is 12.1. The van der Waals surface area contributed by atoms with E-state index >= 15 is 0 Å². The molecule has 1 aromatic heterocycles. The molecule has 2 N–H and O–H groups in total. The number of aliphatic hydroxyl groups excluding tert-OH is 1. The predicted molar refractivity (Wildman–Crippen MR) is 87.9 cm³/mol. The highest BCUT2D eigenvalue weighted by Gasteiger charge is 2.24. The number of aryl methyl sites for hydroxylation is 1. The minimum Gasteiger partial charge on any atom is -0.391 e. The SMILES string of the molecule is O=S(=O)(C[C@@H](O)CN[C@@H]1CCc2ccccc21)c1cccs1. The van der Waals surface area contributed by atoms with E-state index in [2.05, 4.69) is 17.4 Å². The quantitative estimate of drug-likeness (QED) is 0.848. The number of thiophene rings is 1. The average molecular weight is 337 g/mol. The standard InChI is InChI=1S/C16H19NO3S2/c18-13(11-22(19,20)16-6-3-9-21-16)10-17-15-8-7-12-4-1-2-5-14(12)15/h1-6,9,13,15,17-18H,7-8,10-11H2/t13-,15+/m0/s1. The van der Waals surface area contributed by atoms with Gasteiger partial charge < -0.3 is 10.4 Å². The van der Waals surface area contributed by atoms with Crippen molar-refractivity contribution >= 4 is 21.2 Å². The van der Waals surface area contributed by atoms with E-state index in [0.29, 0.717) is 4.21 Å². The van der Waals surface area contributed by atoms with Crippen LogP contribution in [0.15, 0.2) is 46.0 Å². The smallest absolute Gasteiger partial charge is 0.190 e. The van der Waals surface area contributed by atoms with E-state index in [1.807, 2.05) is 12.1 Å². The summed E-state index contributed by atoms with van der Waals surface area (Å²) in [6.07, 6.45) is 1.11. The molecule has 0 spiro atoms. The number of benzene rings is 1. The lowest BCUT2D eigenvalue weighted by Gasteiger charge is -2.17. The molecule has 0 unspecified atom stereocenters. The lowest BCUT2D eigenvalue weighted by molar-refractivity contribution is 0.188. The average Bonchev–Trinajstić information content (AvgIpc) is 3.15. The molecule has 1 aliphatic carbocycles. The van der Waals surface area contributed by atoms with Crippen molar-refractivity contribution in [2.45, 2.75) is 29.2 Å². The van der Waals surface area contributed by atoms with Crippen LogP contribution in [0.25, 0.3) is 0 Å². The maximum Gasteiger partial charge on any atom is 0.190 e. The van der Waals surface area contributed by atoms with E-state index in [4.69, 9.17) is 0 Å². The van der Waals surface area contributed by atoms with E-state index in [0.717, 1.165) is 12.8 Å². The molecule has 0 saturated carbocycles. The number of aliphatic hydroxyl groups is 1. The third-order valence-corrected chi connectivity index (χ3v) is 7.23. The predicted octanol–water partition coefficient (Wildman–Crippen LogP) is 2.16. The first kappa shape index (κ1) is 15.7. The molecule has 0 radical (unpaired) electrons. The molecule has 0 bridgehead atoms. The molecule has 2 atom stereocenters. The Morgan fingerprint density at radius 2 is 2.09 bits per heavy atom. The highest BCUT2D eigenvalue weighted by Crippen LogP contribution is 2.30. The van der Waals surface area contributed by atoms with Crippen LogP contribution in [0.1, 0.15) is 23.6 Å². The van der Waals surface area contributed by atoms with Crippen LogP contribution in [0.4, 0.5) is 0 Å². The normalized spacial score (nSPS) is 19.0. The van der Waals surface area contributed by atoms with E-state index < -0.39 is 15.9 Å². The number of hydrogen-bond donors (Lipinski definition) is 2. The third-order valence-electron chi connectivity index (χ3n) is 3.95. The number of hydrogen-bond acceptors (Lipinski definition) is 5. The molecule has 4 nitrogen and oxygen atoms in total. The van der Waals surface area contributed by atoms with E-state index in [9.17, 15) is 13.5 Å². The number of rotatable bonds is 6. The number of sulfone groups is 1. The van der Waals surface area contributed by atoms with Gasteiger partial charge in [-0.2, -0.15) is 0 Å². The molecule has 1 heterocycles. The fraction of sp³-hybridized carbons (Fsp3) is 0.375. The molecule has 0 fully saturated rings. The van der Waals surface area contributed by atoms with Gasteiger partial charge in [0, 0.05) is 12.6 Å². The van der Waals surface area contributed by atoms with Gasteiger partial charge in [0.1, 0.15) is 4.21 Å². The van der Waals surface area contributed by atoms with Crippen molar-refractivity contribution in [1.29, 1.82) is 0 Å². The van der Waals surface area contributed by atoms with Crippen LogP contribution < -0.4 is 5.32 Å². The highest BCUT2D eigenvalue weighted by molar-refractivity contribution is 7.93. The molecule has 6 heteroatoms. The summed E-state index contributed by atoms with van der Waals surface area (Å²) in [7, 11) is -3.39. The Labute approximate surface area is 134 Å². The van der Waals surface area contributed by atoms with Crippen LogP contribution in [-0.4, -0.2) is 31.9 Å². The van der Waals surface area contributed by atoms with Gasteiger partial charge in [-0.25, -0.2) is 8.42 Å². The van der Waals surface area contributed by atoms with Gasteiger partial charge in [0.05, 0.1) is 11.9 Å². The second-order valence-electron chi connectivity index (χ2n) is 5.57. The Kier molecular flexibility index (Phi) is 4.63. The minimum atomic E-state index is -3.39. The monoisotopic (exact) mass is 337 g/mol. The zero-order valence-corrected chi connectivity index (χ0v) is 13.7. The van der Waals surface area contributed by atoms with Crippen molar-refractivity contribution in [2.75, 3.05) is 12.3 Å². The fourth-order valence-electron chi connectivity index (χ4n) is 2.88. The summed E-state index contributed by atoms with van der Waals surface area (Å²) in [6, 6.07) is 11.7. The Morgan fingerprint density at radius 1 is 1.27 bits per heavy atom. The van der Waals surface area contributed by atoms with Crippen LogP contribution in [0.5, 0.6) is 0 Å². The second-order valence-corrected chi connectivity index (χ2v) is 8.77. The van der Waals surface area contributed by atoms with Crippen LogP contribution >= 0.6 is 11.3 Å². The molecular formula is C16H19NO3S2. The van der Waals surface area contributed by atoms with Gasteiger partial charge in [-0.3, -0.25) is 0 Å². The van der Waals surface area contributed by atoms with Gasteiger partial charge in [-0.05, 0) is 35.4 Å². The van der Waals surface area contributed by atoms with Gasteiger partial charge in [0.15, 0.2) is 9.84 Å². The first-order valence-corrected chi connectivity index (χ1v) is 9.85. The molecule has 0 saturated heterocycles. The molecule has 3 rings (SSSR count). The van der Waals surface area contributed by atoms with Crippen molar-refractivity contribution in [1.82, 2.24) is 5.32 Å². The topological polar surface area (TPSA) is 66.4 Å². The molecule has 0 aliphatic heterocycles. The van der Waals surface area contributed by atoms with Crippen molar-refractivity contribution in [2.24, 2.45) is 0 Å². The van der Waals surface area contributed by atoms with Crippen molar-refractivity contribution in [3.8, 4) is 0 Å². The summed E-state index contributed by atoms with van der Waals surface area (Å²) < 4.78 is 24.6. The Hall–Kier alpha value is -1.21. The molecule has 22 heavy (non-hydrogen) atoms. The Bertz CT molecular complexity index is 726. The van der Waals surface area contributed by atoms with Gasteiger partial charge in [0.2, 0.25) is 0 Å². The first-order valence-electron chi connectivity index (χ1n) is 7.32. The molecule has 2 aromatic rings. The lowest BCUT2D eigenvalue weighted by Crippen LogP contribution is -2.34. The van der Waals surface area contributed by atoms with Gasteiger partial charge in [0.25, 0.3) is 0 Å². The minimum absolute atomic E-state index is 0.204. The molecule has 0 amide bonds. The van der Waals surface area contributed by atoms with E-state index in [1.54, 1.807) is 17.5 Å². The Morgan fingerprint density at radius 3 is 2.86 bits per heavy atom. The van der Waals surface area contributed by atoms with Crippen LogP contribution in [0.2, 0.25) is 0 Å². The van der Waals surface area contributed by atoms with Crippen LogP contribution in [-0.2, 0) is 16.3 Å². The van der Waals surface area contributed by atoms with Crippen molar-refractivity contribution < 1.29 is 13.5 Å². The molecule has 1 aromatic carbocycles. The summed E-state index contributed by atoms with van der Waals surface area (Å²) in [6.45, 7) is 0.281. The highest BCUT2D eigenvalue weighted by atomic mass is 32.2. The zero-order chi connectivity index (χ0) is 15.6. The number of nitrogens with one attached hydrogen (secondary N) is 1. The summed E-state index contributed by atoms with van der Waals surface area (Å²) in [5.41, 5.74) is 2.59. The second kappa shape index (κ2) is 6.50. The summed E-state index contributed by atoms with van der Waals surface area (Å²) in [4.78, 5) is 0. The van der Waals surface area contributed by atoms with Crippen molar-refractivity contribution in [3.63, 3.8) is 0 Å². The first-order chi connectivity index (χ1) is 10.6. The summed E-state index contributed by atoms with van der Waals surface area (Å²) in [5, 5.41) is 15.1. The van der Waals surface area contributed by atoms with Gasteiger partial charge in [-0.15, -0.1) is 11.3 Å². The maximum atomic E-state index is 12.1. The number of fused-ring (bicyclic) bond motifs is 1. The fourth-order valence-corrected chi connectivity index (χ4v) is 5.36. The summed E-state index contributed by atoms with van der Waals surface area (Å²) >= 11 is 1.19. The summed E-state index contributed by atoms with van der Waals surface area (Å²) in [5.74, 6) is -0.241. The molecule has 118 valence electrons. The molecule has 1 aliphatic rings. The largest absolute Gasteiger partial charge is 0.391 e. The zero-order valence-electron chi connectivity index (χ0n) is 12.1. The van der Waals surface area contributed by atoms with Crippen molar-refractivity contribution in [3.05, 3.63) is 52.9 Å². The Balaban J connectivity index is 1.57. The van der Waals surface area contributed by atoms with E-state index in [1.165, 1.54) is 22.5 Å². The third kappa shape index (κ3) is 3.41. The molecular weight excluding hydrogens is 318 g/mol. The van der Waals surface area contributed by atoms with Gasteiger partial charge in [-0.1, -0.05) is 30.3 Å².